The fraction of sp³-hybridized carbons (Fsp3) is 0.478. The zero-order chi connectivity index (χ0) is 19.7. The molecule has 0 unspecified atom stereocenters. The Kier molecular flexibility index (Phi) is 5.00. The minimum absolute atomic E-state index is 0.0442. The third-order valence-electron chi connectivity index (χ3n) is 6.27. The summed E-state index contributed by atoms with van der Waals surface area (Å²) in [5.41, 5.74) is 3.39. The maximum absolute atomic E-state index is 12.6. The molecule has 1 aliphatic carbocycles. The lowest BCUT2D eigenvalue weighted by Crippen LogP contribution is -2.44. The molecule has 2 aromatic rings. The van der Waals surface area contributed by atoms with Crippen LogP contribution in [0, 0.1) is 0 Å². The van der Waals surface area contributed by atoms with Crippen LogP contribution in [0.2, 0.25) is 0 Å². The Bertz CT molecular complexity index is 848. The molecule has 28 heavy (non-hydrogen) atoms. The number of nitrogens with one attached hydrogen (secondary N) is 1. The fourth-order valence-corrected chi connectivity index (χ4v) is 4.99. The standard InChI is InChI=1S/C23H28N2O3/c1-16(2)24-21(26)13-18-14-23(20-6-4-3-5-19(18)20)8-10-25(11-9-23)22(27)17-7-12-28-15-17/h3-7,12,15-16,18H,8-11,13-14H2,1-2H3,(H,24,26)/t18-/m1/s1. The van der Waals surface area contributed by atoms with E-state index in [9.17, 15) is 9.59 Å². The molecule has 2 heterocycles. The van der Waals surface area contributed by atoms with Crippen molar-refractivity contribution in [1.82, 2.24) is 10.2 Å². The Morgan fingerprint density at radius 2 is 1.96 bits per heavy atom. The first-order valence-electron chi connectivity index (χ1n) is 10.2. The molecule has 1 aromatic carbocycles. The van der Waals surface area contributed by atoms with Crippen LogP contribution in [0.3, 0.4) is 0 Å². The number of nitrogens with zero attached hydrogens (tertiary/aromatic N) is 1. The van der Waals surface area contributed by atoms with Crippen molar-refractivity contribution in [2.45, 2.75) is 56.9 Å². The number of carbonyl (C=O) groups excluding carboxylic acids is 2. The van der Waals surface area contributed by atoms with Crippen molar-refractivity contribution in [1.29, 1.82) is 0 Å². The van der Waals surface area contributed by atoms with Gasteiger partial charge in [0.15, 0.2) is 0 Å². The number of furan rings is 1. The van der Waals surface area contributed by atoms with Gasteiger partial charge in [0.25, 0.3) is 5.91 Å². The summed E-state index contributed by atoms with van der Waals surface area (Å²) in [5.74, 6) is 0.424. The number of carbonyl (C=O) groups is 2. The van der Waals surface area contributed by atoms with Crippen LogP contribution in [-0.4, -0.2) is 35.8 Å². The van der Waals surface area contributed by atoms with Gasteiger partial charge in [0.2, 0.25) is 5.91 Å². The van der Waals surface area contributed by atoms with E-state index < -0.39 is 0 Å². The fourth-order valence-electron chi connectivity index (χ4n) is 4.99. The Morgan fingerprint density at radius 1 is 1.21 bits per heavy atom. The molecule has 1 atom stereocenters. The number of piperidine rings is 1. The first-order chi connectivity index (χ1) is 13.5. The maximum Gasteiger partial charge on any atom is 0.257 e. The minimum atomic E-state index is 0.0442. The number of likely N-dealkylation sites (tertiary alicyclic amines) is 1. The highest BCUT2D eigenvalue weighted by Crippen LogP contribution is 2.52. The summed E-state index contributed by atoms with van der Waals surface area (Å²) < 4.78 is 5.06. The van der Waals surface area contributed by atoms with E-state index in [-0.39, 0.29) is 29.2 Å². The molecule has 1 fully saturated rings. The van der Waals surface area contributed by atoms with E-state index in [1.54, 1.807) is 12.3 Å². The van der Waals surface area contributed by atoms with Crippen molar-refractivity contribution >= 4 is 11.8 Å². The van der Waals surface area contributed by atoms with E-state index in [0.717, 1.165) is 32.4 Å². The molecule has 1 aromatic heterocycles. The molecule has 2 amide bonds. The molecule has 0 saturated carbocycles. The average Bonchev–Trinajstić information content (AvgIpc) is 3.30. The van der Waals surface area contributed by atoms with Crippen LogP contribution in [0.4, 0.5) is 0 Å². The first kappa shape index (κ1) is 18.8. The van der Waals surface area contributed by atoms with Gasteiger partial charge in [0.1, 0.15) is 6.26 Å². The lowest BCUT2D eigenvalue weighted by Gasteiger charge is -2.40. The summed E-state index contributed by atoms with van der Waals surface area (Å²) >= 11 is 0. The molecule has 4 rings (SSSR count). The van der Waals surface area contributed by atoms with Crippen molar-refractivity contribution < 1.29 is 14.0 Å². The van der Waals surface area contributed by atoms with E-state index in [2.05, 4.69) is 29.6 Å². The highest BCUT2D eigenvalue weighted by molar-refractivity contribution is 5.93. The third-order valence-corrected chi connectivity index (χ3v) is 6.27. The largest absolute Gasteiger partial charge is 0.472 e. The zero-order valence-electron chi connectivity index (χ0n) is 16.6. The van der Waals surface area contributed by atoms with Gasteiger partial charge in [0, 0.05) is 25.6 Å². The van der Waals surface area contributed by atoms with Gasteiger partial charge in [-0.25, -0.2) is 0 Å². The predicted octanol–water partition coefficient (Wildman–Crippen LogP) is 3.86. The average molecular weight is 380 g/mol. The van der Waals surface area contributed by atoms with E-state index in [1.807, 2.05) is 18.7 Å². The number of benzene rings is 1. The summed E-state index contributed by atoms with van der Waals surface area (Å²) in [6, 6.07) is 10.5. The summed E-state index contributed by atoms with van der Waals surface area (Å²) in [7, 11) is 0. The van der Waals surface area contributed by atoms with Gasteiger partial charge < -0.3 is 14.6 Å². The van der Waals surface area contributed by atoms with Gasteiger partial charge in [-0.05, 0) is 61.6 Å². The number of amides is 2. The zero-order valence-corrected chi connectivity index (χ0v) is 16.6. The minimum Gasteiger partial charge on any atom is -0.472 e. The van der Waals surface area contributed by atoms with Crippen molar-refractivity contribution in [2.24, 2.45) is 0 Å². The van der Waals surface area contributed by atoms with E-state index in [1.165, 1.54) is 17.4 Å². The highest BCUT2D eigenvalue weighted by atomic mass is 16.3. The maximum atomic E-state index is 12.6. The summed E-state index contributed by atoms with van der Waals surface area (Å²) in [4.78, 5) is 27.0. The summed E-state index contributed by atoms with van der Waals surface area (Å²) in [5, 5.41) is 3.03. The smallest absolute Gasteiger partial charge is 0.257 e. The highest BCUT2D eigenvalue weighted by Gasteiger charge is 2.46. The predicted molar refractivity (Wildman–Crippen MR) is 107 cm³/mol. The number of hydrogen-bond acceptors (Lipinski definition) is 3. The SMILES string of the molecule is CC(C)NC(=O)C[C@@H]1CC2(CCN(C(=O)c3ccoc3)CC2)c2ccccc21. The van der Waals surface area contributed by atoms with Crippen LogP contribution in [0.5, 0.6) is 0 Å². The summed E-state index contributed by atoms with van der Waals surface area (Å²) in [6.45, 7) is 5.47. The third kappa shape index (κ3) is 3.46. The summed E-state index contributed by atoms with van der Waals surface area (Å²) in [6.07, 6.45) is 6.46. The second-order valence-electron chi connectivity index (χ2n) is 8.50. The second kappa shape index (κ2) is 7.46. The Balaban J connectivity index is 1.49. The van der Waals surface area contributed by atoms with E-state index in [0.29, 0.717) is 12.0 Å². The molecule has 1 spiro atoms. The van der Waals surface area contributed by atoms with Crippen molar-refractivity contribution in [3.8, 4) is 0 Å². The molecular weight excluding hydrogens is 352 g/mol. The molecule has 148 valence electrons. The van der Waals surface area contributed by atoms with Crippen LogP contribution in [0.25, 0.3) is 0 Å². The normalized spacial score (nSPS) is 20.4. The van der Waals surface area contributed by atoms with Gasteiger partial charge in [-0.3, -0.25) is 9.59 Å². The van der Waals surface area contributed by atoms with Crippen LogP contribution in [-0.2, 0) is 10.2 Å². The van der Waals surface area contributed by atoms with Gasteiger partial charge in [-0.1, -0.05) is 24.3 Å². The molecule has 0 bridgehead atoms. The quantitative estimate of drug-likeness (QED) is 0.876. The Labute approximate surface area is 166 Å². The lowest BCUT2D eigenvalue weighted by atomic mass is 9.73. The molecule has 1 aliphatic heterocycles. The van der Waals surface area contributed by atoms with Gasteiger partial charge >= 0.3 is 0 Å². The number of hydrogen-bond donors (Lipinski definition) is 1. The van der Waals surface area contributed by atoms with Crippen LogP contribution < -0.4 is 5.32 Å². The molecular formula is C23H28N2O3. The topological polar surface area (TPSA) is 62.6 Å². The monoisotopic (exact) mass is 380 g/mol. The Morgan fingerprint density at radius 3 is 2.64 bits per heavy atom. The number of rotatable bonds is 4. The molecule has 2 aliphatic rings. The van der Waals surface area contributed by atoms with Gasteiger partial charge in [-0.2, -0.15) is 0 Å². The van der Waals surface area contributed by atoms with Crippen molar-refractivity contribution in [2.75, 3.05) is 13.1 Å². The molecule has 1 N–H and O–H groups in total. The van der Waals surface area contributed by atoms with Gasteiger partial charge in [-0.15, -0.1) is 0 Å². The van der Waals surface area contributed by atoms with Crippen LogP contribution in [0.1, 0.15) is 66.9 Å². The number of fused-ring (bicyclic) bond motifs is 2. The van der Waals surface area contributed by atoms with E-state index >= 15 is 0 Å². The van der Waals surface area contributed by atoms with Gasteiger partial charge in [0.05, 0.1) is 11.8 Å². The van der Waals surface area contributed by atoms with E-state index in [4.69, 9.17) is 4.42 Å². The Hall–Kier alpha value is -2.56. The van der Waals surface area contributed by atoms with Crippen LogP contribution in [0.15, 0.2) is 47.3 Å². The second-order valence-corrected chi connectivity index (χ2v) is 8.50. The molecule has 1 saturated heterocycles. The lowest BCUT2D eigenvalue weighted by molar-refractivity contribution is -0.122. The van der Waals surface area contributed by atoms with Crippen molar-refractivity contribution in [3.05, 3.63) is 59.5 Å². The van der Waals surface area contributed by atoms with Crippen molar-refractivity contribution in [3.63, 3.8) is 0 Å². The van der Waals surface area contributed by atoms with Crippen LogP contribution >= 0.6 is 0 Å². The molecule has 0 radical (unpaired) electrons. The first-order valence-corrected chi connectivity index (χ1v) is 10.2. The molecule has 5 heteroatoms. The molecule has 5 nitrogen and oxygen atoms in total.